The van der Waals surface area contributed by atoms with Crippen molar-refractivity contribution in [2.45, 2.75) is 27.7 Å². The Bertz CT molecular complexity index is 1990. The molecule has 0 saturated carbocycles. The van der Waals surface area contributed by atoms with Crippen LogP contribution >= 0.6 is 0 Å². The van der Waals surface area contributed by atoms with Crippen LogP contribution in [0.25, 0.3) is 22.4 Å². The second-order valence-corrected chi connectivity index (χ2v) is 11.6. The monoisotopic (exact) mass is 557 g/mol. The first-order valence-corrected chi connectivity index (χ1v) is 14.6. The van der Waals surface area contributed by atoms with Gasteiger partial charge in [-0.25, -0.2) is 0 Å². The van der Waals surface area contributed by atoms with E-state index in [0.717, 1.165) is 61.2 Å². The fourth-order valence-electron chi connectivity index (χ4n) is 6.21. The van der Waals surface area contributed by atoms with Crippen LogP contribution in [-0.2, 0) is 4.79 Å². The minimum atomic E-state index is -0.531. The molecule has 7 rings (SSSR count). The van der Waals surface area contributed by atoms with Gasteiger partial charge in [0.25, 0.3) is 5.78 Å². The van der Waals surface area contributed by atoms with Gasteiger partial charge in [-0.05, 0) is 61.6 Å². The van der Waals surface area contributed by atoms with Gasteiger partial charge in [-0.2, -0.15) is 0 Å². The van der Waals surface area contributed by atoms with Gasteiger partial charge in [-0.3, -0.25) is 14.5 Å². The Hall–Kier alpha value is -5.28. The first-order valence-electron chi connectivity index (χ1n) is 14.6. The van der Waals surface area contributed by atoms with Crippen molar-refractivity contribution in [2.24, 2.45) is 0 Å². The summed E-state index contributed by atoms with van der Waals surface area (Å²) in [7, 11) is 0. The number of allylic oxidation sites excluding steroid dienone is 2. The molecule has 0 fully saturated rings. The van der Waals surface area contributed by atoms with Crippen molar-refractivity contribution in [2.75, 3.05) is 4.90 Å². The van der Waals surface area contributed by atoms with Crippen LogP contribution in [0.3, 0.4) is 0 Å². The molecule has 2 heterocycles. The van der Waals surface area contributed by atoms with E-state index in [0.29, 0.717) is 16.9 Å². The summed E-state index contributed by atoms with van der Waals surface area (Å²) < 4.78 is 0. The lowest BCUT2D eigenvalue weighted by Gasteiger charge is -2.25. The predicted octanol–water partition coefficient (Wildman–Crippen LogP) is 8.99. The Labute approximate surface area is 252 Å². The number of para-hydroxylation sites is 1. The molecule has 0 aliphatic carbocycles. The van der Waals surface area contributed by atoms with Crippen molar-refractivity contribution >= 4 is 39.8 Å². The fourth-order valence-corrected chi connectivity index (χ4v) is 6.21. The number of benzene rings is 5. The number of anilines is 1. The minimum absolute atomic E-state index is 0.435. The Balaban J connectivity index is 1.75. The standard InChI is InChI=1S/C40H31NO2/c1-24-8-16-28(17-9-24)34-32-6-5-7-33-38(32)41(40(43)39(33)42)37(31-22-14-27(4)15-23-31)36(30-20-12-26(3)13-21-30)35(34)29-18-10-25(2)11-19-29/h5-23H,1-4H3. The zero-order valence-electron chi connectivity index (χ0n) is 24.7. The van der Waals surface area contributed by atoms with Gasteiger partial charge in [0.1, 0.15) is 0 Å². The number of rotatable bonds is 4. The van der Waals surface area contributed by atoms with Gasteiger partial charge in [-0.15, -0.1) is 0 Å². The van der Waals surface area contributed by atoms with Crippen LogP contribution in [0.2, 0.25) is 0 Å². The van der Waals surface area contributed by atoms with E-state index < -0.39 is 11.7 Å². The van der Waals surface area contributed by atoms with Gasteiger partial charge in [0, 0.05) is 16.7 Å². The van der Waals surface area contributed by atoms with E-state index in [1.54, 1.807) is 11.0 Å². The van der Waals surface area contributed by atoms with E-state index in [1.807, 2.05) is 12.1 Å². The van der Waals surface area contributed by atoms with Gasteiger partial charge in [-0.1, -0.05) is 131 Å². The first-order chi connectivity index (χ1) is 20.8. The lowest BCUT2D eigenvalue weighted by molar-refractivity contribution is -0.113. The molecule has 2 aliphatic heterocycles. The van der Waals surface area contributed by atoms with Gasteiger partial charge in [0.15, 0.2) is 0 Å². The smallest absolute Gasteiger partial charge is 0.283 e. The van der Waals surface area contributed by atoms with Gasteiger partial charge in [0.2, 0.25) is 0 Å². The average Bonchev–Trinajstić information content (AvgIpc) is 3.18. The molecule has 5 aromatic carbocycles. The molecule has 0 bridgehead atoms. The second kappa shape index (κ2) is 10.2. The zero-order chi connectivity index (χ0) is 29.8. The molecule has 0 atom stereocenters. The maximum Gasteiger partial charge on any atom is 0.304 e. The Morgan fingerprint density at radius 2 is 0.814 bits per heavy atom. The Morgan fingerprint density at radius 1 is 0.419 bits per heavy atom. The molecule has 0 unspecified atom stereocenters. The highest BCUT2D eigenvalue weighted by Gasteiger charge is 2.44. The number of aryl methyl sites for hydroxylation is 4. The van der Waals surface area contributed by atoms with Gasteiger partial charge in [0.05, 0.1) is 16.9 Å². The lowest BCUT2D eigenvalue weighted by atomic mass is 9.81. The molecule has 43 heavy (non-hydrogen) atoms. The van der Waals surface area contributed by atoms with Crippen LogP contribution in [0.1, 0.15) is 60.4 Å². The summed E-state index contributed by atoms with van der Waals surface area (Å²) in [5.41, 5.74) is 14.1. The van der Waals surface area contributed by atoms with Gasteiger partial charge < -0.3 is 0 Å². The van der Waals surface area contributed by atoms with Crippen LogP contribution in [0, 0.1) is 27.7 Å². The molecule has 208 valence electrons. The highest BCUT2D eigenvalue weighted by atomic mass is 16.2. The molecule has 3 heteroatoms. The van der Waals surface area contributed by atoms with Crippen LogP contribution in [0.15, 0.2) is 115 Å². The van der Waals surface area contributed by atoms with E-state index >= 15 is 0 Å². The molecule has 1 amide bonds. The van der Waals surface area contributed by atoms with Crippen molar-refractivity contribution in [3.8, 4) is 0 Å². The molecule has 0 saturated heterocycles. The van der Waals surface area contributed by atoms with Crippen molar-refractivity contribution in [3.05, 3.63) is 171 Å². The van der Waals surface area contributed by atoms with Crippen molar-refractivity contribution in [3.63, 3.8) is 0 Å². The molecule has 0 N–H and O–H groups in total. The number of Topliss-reactive ketones (excluding diaryl/α,β-unsaturated/α-hetero) is 1. The number of amides is 1. The maximum atomic E-state index is 14.1. The van der Waals surface area contributed by atoms with Crippen LogP contribution < -0.4 is 4.90 Å². The molecule has 3 nitrogen and oxygen atoms in total. The van der Waals surface area contributed by atoms with E-state index in [-0.39, 0.29) is 0 Å². The molecule has 2 aliphatic rings. The summed E-state index contributed by atoms with van der Waals surface area (Å²) >= 11 is 0. The van der Waals surface area contributed by atoms with E-state index in [4.69, 9.17) is 0 Å². The van der Waals surface area contributed by atoms with Crippen molar-refractivity contribution in [1.29, 1.82) is 0 Å². The molecule has 0 spiro atoms. The van der Waals surface area contributed by atoms with E-state index in [9.17, 15) is 9.59 Å². The summed E-state index contributed by atoms with van der Waals surface area (Å²) in [6, 6.07) is 39.5. The number of carbonyl (C=O) groups is 2. The first kappa shape index (κ1) is 26.6. The molecular weight excluding hydrogens is 526 g/mol. The highest BCUT2D eigenvalue weighted by Crippen LogP contribution is 2.53. The number of hydrogen-bond donors (Lipinski definition) is 0. The number of hydrogen-bond acceptors (Lipinski definition) is 2. The van der Waals surface area contributed by atoms with Crippen LogP contribution in [0.5, 0.6) is 0 Å². The minimum Gasteiger partial charge on any atom is -0.283 e. The quantitative estimate of drug-likeness (QED) is 0.207. The average molecular weight is 558 g/mol. The van der Waals surface area contributed by atoms with Crippen molar-refractivity contribution < 1.29 is 9.59 Å². The normalized spacial score (nSPS) is 14.4. The maximum absolute atomic E-state index is 14.1. The third-order valence-corrected chi connectivity index (χ3v) is 8.48. The van der Waals surface area contributed by atoms with Gasteiger partial charge >= 0.3 is 5.91 Å². The third kappa shape index (κ3) is 4.36. The van der Waals surface area contributed by atoms with E-state index in [2.05, 4.69) is 125 Å². The largest absolute Gasteiger partial charge is 0.304 e. The molecule has 5 aromatic rings. The summed E-state index contributed by atoms with van der Waals surface area (Å²) in [5.74, 6) is -1.01. The molecular formula is C40H31NO2. The zero-order valence-corrected chi connectivity index (χ0v) is 24.7. The highest BCUT2D eigenvalue weighted by molar-refractivity contribution is 6.56. The van der Waals surface area contributed by atoms with E-state index in [1.165, 1.54) is 5.56 Å². The van der Waals surface area contributed by atoms with Crippen LogP contribution in [-0.4, -0.2) is 11.7 Å². The summed E-state index contributed by atoms with van der Waals surface area (Å²) in [4.78, 5) is 29.4. The predicted molar refractivity (Wildman–Crippen MR) is 176 cm³/mol. The number of ketones is 1. The second-order valence-electron chi connectivity index (χ2n) is 11.6. The molecule has 0 aromatic heterocycles. The third-order valence-electron chi connectivity index (χ3n) is 8.48. The molecule has 0 radical (unpaired) electrons. The summed E-state index contributed by atoms with van der Waals surface area (Å²) in [6.45, 7) is 8.30. The topological polar surface area (TPSA) is 37.4 Å². The lowest BCUT2D eigenvalue weighted by Crippen LogP contribution is -2.29. The Kier molecular flexibility index (Phi) is 6.32. The number of nitrogens with zero attached hydrogens (tertiary/aromatic N) is 1. The Morgan fingerprint density at radius 3 is 1.30 bits per heavy atom. The van der Waals surface area contributed by atoms with Crippen molar-refractivity contribution in [1.82, 2.24) is 0 Å². The number of carbonyl (C=O) groups excluding carboxylic acids is 2. The van der Waals surface area contributed by atoms with Crippen LogP contribution in [0.4, 0.5) is 5.69 Å². The summed E-state index contributed by atoms with van der Waals surface area (Å²) in [5, 5.41) is 0. The fraction of sp³-hybridized carbons (Fsp3) is 0.100. The summed E-state index contributed by atoms with van der Waals surface area (Å²) in [6.07, 6.45) is 0. The SMILES string of the molecule is Cc1ccc(C2=C(c3ccc(C)cc3)c3cccc4c3N(C(=O)C4=O)C(c3ccc(C)cc3)=C2c2ccc(C)cc2)cc1.